The van der Waals surface area contributed by atoms with Crippen LogP contribution in [0, 0.1) is 0 Å². The Labute approximate surface area is 757 Å². The molecule has 11 saturated heterocycles. The Morgan fingerprint density at radius 3 is 0.724 bits per heavy atom. The SMILES string of the molecule is CC(=O)N[C@@H]1[C@@H](O)[C@H](O[C@@H]2O[C@H](CO)[C@@H](O[C@@H]3O[C@H](CO[C@H]4O[C@H](CO)[C@@H](O)[C@H](O)[C@@H]4O[C@@H]4O[C@H](CO)[C@@H](O[C@@H]5O[C@H](CO)[C@H](O[C@@H]6O[C@H](CO)[C@H](O)[C@H](O)[C@H]6O)[C@H](O)[C@H]5O)[C@H](O)[C@H]4NC(C)=O)[C@@H](O)[C@H](O[C@H]4O[C@H](CO)[C@@H](O)[C@H](O)[C@@H]4O[C@@H]4O[C@H](CO)[C@@H](O[C@@H]5O[C@H](CO)[C@H](O[C@@H]6O[C@H](CO)[C@H](O)[C@H](O)[C@@H]6O)[C@H](O)[C@H]5O)[C@H](O)[C@H]4NC(C)=O)[C@@H]3O)[C@H](O)[C@H]2NC(C)=O)[C@@H](CO)O[C@H]1O. The summed E-state index contributed by atoms with van der Waals surface area (Å²) in [6.07, 6.45) is -108. The van der Waals surface area contributed by atoms with E-state index in [1.165, 1.54) is 0 Å². The van der Waals surface area contributed by atoms with Crippen LogP contribution in [-0.4, -0.2) is 592 Å². The van der Waals surface area contributed by atoms with Gasteiger partial charge in [-0.05, 0) is 0 Å². The summed E-state index contributed by atoms with van der Waals surface area (Å²) in [4.78, 5) is 51.6. The highest BCUT2D eigenvalue weighted by Gasteiger charge is 2.63. The molecule has 0 saturated carbocycles. The molecule has 55 atom stereocenters. The van der Waals surface area contributed by atoms with Gasteiger partial charge in [0.05, 0.1) is 72.7 Å². The lowest BCUT2D eigenvalue weighted by molar-refractivity contribution is -0.400. The molecule has 0 unspecified atom stereocenters. The Bertz CT molecular complexity index is 3650. The topological polar surface area (TPSA) is 937 Å². The summed E-state index contributed by atoms with van der Waals surface area (Å²) < 4.78 is 124. The molecule has 776 valence electrons. The predicted octanol–water partition coefficient (Wildman–Crippen LogP) is -24.4. The molecule has 11 heterocycles. The van der Waals surface area contributed by atoms with Crippen molar-refractivity contribution in [2.75, 3.05) is 72.7 Å². The first-order chi connectivity index (χ1) is 63.5. The van der Waals surface area contributed by atoms with Crippen molar-refractivity contribution in [3.63, 3.8) is 0 Å². The van der Waals surface area contributed by atoms with Crippen molar-refractivity contribution < 1.29 is 277 Å². The molecule has 4 amide bonds. The summed E-state index contributed by atoms with van der Waals surface area (Å²) in [5, 5.41) is 355. The van der Waals surface area contributed by atoms with Gasteiger partial charge in [-0.25, -0.2) is 0 Å². The fourth-order valence-corrected chi connectivity index (χ4v) is 17.4. The van der Waals surface area contributed by atoms with E-state index in [0.29, 0.717) is 0 Å². The van der Waals surface area contributed by atoms with Crippen LogP contribution < -0.4 is 21.3 Å². The molecule has 134 heavy (non-hydrogen) atoms. The van der Waals surface area contributed by atoms with Gasteiger partial charge in [0.1, 0.15) is 268 Å². The second kappa shape index (κ2) is 48.3. The van der Waals surface area contributed by atoms with Crippen LogP contribution in [0.5, 0.6) is 0 Å². The molecule has 0 bridgehead atoms. The van der Waals surface area contributed by atoms with Crippen molar-refractivity contribution in [2.24, 2.45) is 0 Å². The number of carbonyl (C=O) groups excluding carboxylic acids is 4. The molecule has 60 nitrogen and oxygen atoms in total. The molecule has 60 heteroatoms. The van der Waals surface area contributed by atoms with Gasteiger partial charge in [0.2, 0.25) is 23.6 Å². The number of aliphatic hydroxyl groups is 31. The number of aliphatic hydroxyl groups excluding tert-OH is 31. The molecule has 0 aromatic heterocycles. The number of hydrogen-bond donors (Lipinski definition) is 35. The summed E-state index contributed by atoms with van der Waals surface area (Å²) in [6, 6.07) is -7.75. The molecule has 11 fully saturated rings. The van der Waals surface area contributed by atoms with Gasteiger partial charge in [-0.1, -0.05) is 0 Å². The maximum Gasteiger partial charge on any atom is 0.217 e. The quantitative estimate of drug-likeness (QED) is 0.0280. The monoisotopic (exact) mass is 1960 g/mol. The van der Waals surface area contributed by atoms with Crippen molar-refractivity contribution >= 4 is 23.6 Å². The Hall–Kier alpha value is -4.20. The van der Waals surface area contributed by atoms with Gasteiger partial charge in [-0.2, -0.15) is 0 Å². The van der Waals surface area contributed by atoms with Crippen molar-refractivity contribution in [1.29, 1.82) is 0 Å². The van der Waals surface area contributed by atoms with Crippen LogP contribution in [0.4, 0.5) is 0 Å². The third-order valence-corrected chi connectivity index (χ3v) is 24.6. The number of ether oxygens (including phenoxy) is 21. The summed E-state index contributed by atoms with van der Waals surface area (Å²) >= 11 is 0. The zero-order chi connectivity index (χ0) is 98.5. The number of rotatable bonds is 35. The van der Waals surface area contributed by atoms with Gasteiger partial charge in [0.15, 0.2) is 69.2 Å². The molecule has 0 radical (unpaired) electrons. The van der Waals surface area contributed by atoms with E-state index in [-0.39, 0.29) is 0 Å². The minimum absolute atomic E-state index is 0.814. The second-order valence-corrected chi connectivity index (χ2v) is 33.8. The third-order valence-electron chi connectivity index (χ3n) is 24.6. The first kappa shape index (κ1) is 110. The number of hydrogen-bond acceptors (Lipinski definition) is 56. The fourth-order valence-electron chi connectivity index (χ4n) is 17.4. The molecule has 0 aromatic rings. The van der Waals surface area contributed by atoms with E-state index in [1.807, 2.05) is 0 Å². The number of nitrogens with one attached hydrogen (secondary N) is 4. The highest BCUT2D eigenvalue weighted by Crippen LogP contribution is 2.42. The van der Waals surface area contributed by atoms with Gasteiger partial charge in [-0.3, -0.25) is 19.2 Å². The van der Waals surface area contributed by atoms with Crippen molar-refractivity contribution in [1.82, 2.24) is 21.3 Å². The fraction of sp³-hybridized carbons (Fsp3) is 0.946. The van der Waals surface area contributed by atoms with Gasteiger partial charge < -0.3 is 279 Å². The lowest BCUT2D eigenvalue weighted by atomic mass is 9.93. The van der Waals surface area contributed by atoms with Crippen LogP contribution in [0.1, 0.15) is 27.7 Å². The van der Waals surface area contributed by atoms with Crippen LogP contribution >= 0.6 is 0 Å². The van der Waals surface area contributed by atoms with E-state index in [4.69, 9.17) is 99.5 Å². The first-order valence-corrected chi connectivity index (χ1v) is 42.7. The molecular weight excluding hydrogens is 1840 g/mol. The number of amides is 4. The Morgan fingerprint density at radius 1 is 0.194 bits per heavy atom. The maximum atomic E-state index is 13.2. The van der Waals surface area contributed by atoms with Crippen LogP contribution in [0.15, 0.2) is 0 Å². The lowest BCUT2D eigenvalue weighted by Gasteiger charge is -2.51. The maximum absolute atomic E-state index is 13.2. The Morgan fingerprint density at radius 2 is 0.403 bits per heavy atom. The van der Waals surface area contributed by atoms with E-state index in [1.54, 1.807) is 0 Å². The summed E-state index contributed by atoms with van der Waals surface area (Å²) in [5.74, 6) is -3.82. The normalized spacial score (nSPS) is 49.8. The third kappa shape index (κ3) is 24.0. The molecule has 0 spiro atoms. The van der Waals surface area contributed by atoms with E-state index in [2.05, 4.69) is 21.3 Å². The molecule has 11 aliphatic heterocycles. The van der Waals surface area contributed by atoms with Gasteiger partial charge >= 0.3 is 0 Å². The zero-order valence-corrected chi connectivity index (χ0v) is 71.6. The van der Waals surface area contributed by atoms with Crippen LogP contribution in [0.3, 0.4) is 0 Å². The minimum atomic E-state index is -2.65. The predicted molar refractivity (Wildman–Crippen MR) is 409 cm³/mol. The Kier molecular flexibility index (Phi) is 39.7. The highest BCUT2D eigenvalue weighted by atomic mass is 16.8. The van der Waals surface area contributed by atoms with E-state index in [0.717, 1.165) is 27.7 Å². The standard InChI is InChI=1S/C74H124N4O56/c1-16(89)75-31-40(98)55(24(9-83)115-64(31)113)126-65-32(76-17(2)90)41(99)58(27(12-86)120-65)129-72-54(112)61(132-74-63(47(105)38(96)23(8-82)119-74)134-67-34(78-19(4)92)43(101)57(26(11-85)122-67)128-71-53(111)49(107)60(29(14-88)124-71)131-69-51(109)45(103)36(94)21(6-80)117-69)39(97)30(125-72)15-114-73-62(46(104)37(95)22(7-81)118-73)133-66-33(77-18(3)91)42(100)56(25(10-84)121-66)127-70-52(110)48(106)59(28(13-87)123-70)130-68-50(108)44(102)35(93)20(5-79)116-68/h20-74,79-88,93-113H,5-15H2,1-4H3,(H,75,89)(H,76,90)(H,77,91)(H,78,92)/t20-,21-,22-,23-,24-,25-,26-,27-,28-,29-,30-,31-,32-,33-,34-,35+,36+,37-,38-,39-,40-,41-,42-,43-,44+,45+,46+,47+,48-,49-,50-,51+,52-,53-,54+,55-,56-,57-,58-,59+,60+,61+,62+,63+,64-,65+,66+,67+,68+,69+,70+,71+,72+,73+,74-/m1/s1. The second-order valence-electron chi connectivity index (χ2n) is 33.8. The first-order valence-electron chi connectivity index (χ1n) is 42.7. The van der Waals surface area contributed by atoms with E-state index >= 15 is 0 Å². The molecule has 35 N–H and O–H groups in total. The summed E-state index contributed by atoms with van der Waals surface area (Å²) in [7, 11) is 0. The van der Waals surface area contributed by atoms with Crippen LogP contribution in [-0.2, 0) is 119 Å². The molecule has 11 aliphatic rings. The Balaban J connectivity index is 0.885. The van der Waals surface area contributed by atoms with E-state index in [9.17, 15) is 177 Å². The average Bonchev–Trinajstić information content (AvgIpc) is 0.753. The molecule has 0 aliphatic carbocycles. The number of carbonyl (C=O) groups is 4. The van der Waals surface area contributed by atoms with Crippen LogP contribution in [0.2, 0.25) is 0 Å². The van der Waals surface area contributed by atoms with Crippen LogP contribution in [0.25, 0.3) is 0 Å². The van der Waals surface area contributed by atoms with Crippen molar-refractivity contribution in [2.45, 2.75) is 365 Å². The average molecular weight is 1970 g/mol. The molecular formula is C74H124N4O56. The zero-order valence-electron chi connectivity index (χ0n) is 71.6. The summed E-state index contributed by atoms with van der Waals surface area (Å²) in [5.41, 5.74) is 0. The summed E-state index contributed by atoms with van der Waals surface area (Å²) in [6.45, 7) is -8.80. The van der Waals surface area contributed by atoms with Gasteiger partial charge in [0, 0.05) is 27.7 Å². The highest BCUT2D eigenvalue weighted by molar-refractivity contribution is 5.74. The van der Waals surface area contributed by atoms with Crippen molar-refractivity contribution in [3.05, 3.63) is 0 Å². The largest absolute Gasteiger partial charge is 0.394 e. The molecule has 11 rings (SSSR count). The van der Waals surface area contributed by atoms with Crippen molar-refractivity contribution in [3.8, 4) is 0 Å². The van der Waals surface area contributed by atoms with Gasteiger partial charge in [0.25, 0.3) is 0 Å². The minimum Gasteiger partial charge on any atom is -0.394 e. The van der Waals surface area contributed by atoms with E-state index < -0.39 is 434 Å². The van der Waals surface area contributed by atoms with Gasteiger partial charge in [-0.15, -0.1) is 0 Å². The smallest absolute Gasteiger partial charge is 0.217 e. The lowest BCUT2D eigenvalue weighted by Crippen LogP contribution is -2.71. The molecule has 0 aromatic carbocycles.